The van der Waals surface area contributed by atoms with Crippen LogP contribution in [0.15, 0.2) is 24.4 Å². The second kappa shape index (κ2) is 4.27. The highest BCUT2D eigenvalue weighted by Gasteiger charge is 2.40. The van der Waals surface area contributed by atoms with Gasteiger partial charge in [0.2, 0.25) is 0 Å². The number of aromatic carboxylic acids is 1. The van der Waals surface area contributed by atoms with Crippen molar-refractivity contribution in [1.82, 2.24) is 9.78 Å². The molecule has 0 bridgehead atoms. The molecule has 0 saturated heterocycles. The van der Waals surface area contributed by atoms with Crippen molar-refractivity contribution in [1.29, 1.82) is 0 Å². The second-order valence-corrected chi connectivity index (χ2v) is 4.81. The maximum absolute atomic E-state index is 12.5. The van der Waals surface area contributed by atoms with Crippen LogP contribution in [-0.4, -0.2) is 32.7 Å². The minimum absolute atomic E-state index is 0.0358. The molecule has 0 atom stereocenters. The summed E-state index contributed by atoms with van der Waals surface area (Å²) in [6.45, 7) is 1.81. The van der Waals surface area contributed by atoms with Crippen LogP contribution in [0.5, 0.6) is 0 Å². The van der Waals surface area contributed by atoms with E-state index in [0.717, 1.165) is 16.7 Å². The Morgan fingerprint density at radius 3 is 2.52 bits per heavy atom. The molecule has 2 heterocycles. The first-order valence-corrected chi connectivity index (χ1v) is 6.16. The van der Waals surface area contributed by atoms with Gasteiger partial charge in [-0.25, -0.2) is 9.69 Å². The van der Waals surface area contributed by atoms with Crippen LogP contribution in [0.25, 0.3) is 0 Å². The number of rotatable bonds is 2. The molecule has 21 heavy (non-hydrogen) atoms. The number of carboxylic acid groups (broad SMARTS) is 1. The number of aromatic nitrogens is 2. The van der Waals surface area contributed by atoms with Gasteiger partial charge < -0.3 is 5.11 Å². The van der Waals surface area contributed by atoms with E-state index >= 15 is 0 Å². The Kier molecular flexibility index (Phi) is 2.65. The first-order chi connectivity index (χ1) is 9.91. The number of anilines is 1. The van der Waals surface area contributed by atoms with Crippen LogP contribution >= 0.6 is 0 Å². The number of benzene rings is 1. The summed E-state index contributed by atoms with van der Waals surface area (Å²) in [4.78, 5) is 37.0. The molecule has 1 aliphatic rings. The Labute approximate surface area is 119 Å². The first kappa shape index (κ1) is 13.0. The van der Waals surface area contributed by atoms with Gasteiger partial charge in [-0.3, -0.25) is 14.3 Å². The number of aryl methyl sites for hydroxylation is 2. The predicted octanol–water partition coefficient (Wildman–Crippen LogP) is 1.23. The molecule has 3 rings (SSSR count). The zero-order chi connectivity index (χ0) is 15.3. The standard InChI is InChI=1S/C14H11N3O4/c1-7-3-4-8-9(5-7)13(19)17(12(8)18)11-10(14(20)21)6-15-16(11)2/h3-6H,1-2H3,(H,20,21). The number of hydrogen-bond acceptors (Lipinski definition) is 4. The Hall–Kier alpha value is -2.96. The zero-order valence-corrected chi connectivity index (χ0v) is 11.3. The number of amides is 2. The summed E-state index contributed by atoms with van der Waals surface area (Å²) in [5, 5.41) is 13.0. The highest BCUT2D eigenvalue weighted by Crippen LogP contribution is 2.30. The average Bonchev–Trinajstić information content (AvgIpc) is 2.90. The van der Waals surface area contributed by atoms with Gasteiger partial charge in [0.15, 0.2) is 5.82 Å². The van der Waals surface area contributed by atoms with E-state index in [0.29, 0.717) is 0 Å². The molecule has 2 amide bonds. The molecule has 106 valence electrons. The zero-order valence-electron chi connectivity index (χ0n) is 11.3. The fraction of sp³-hybridized carbons (Fsp3) is 0.143. The molecule has 0 saturated carbocycles. The highest BCUT2D eigenvalue weighted by atomic mass is 16.4. The fourth-order valence-electron chi connectivity index (χ4n) is 2.39. The monoisotopic (exact) mass is 285 g/mol. The van der Waals surface area contributed by atoms with Crippen molar-refractivity contribution in [2.24, 2.45) is 7.05 Å². The molecule has 0 unspecified atom stereocenters. The lowest BCUT2D eigenvalue weighted by Crippen LogP contribution is -2.32. The van der Waals surface area contributed by atoms with Gasteiger partial charge in [-0.1, -0.05) is 11.6 Å². The normalized spacial score (nSPS) is 13.7. The maximum Gasteiger partial charge on any atom is 0.341 e. The van der Waals surface area contributed by atoms with E-state index in [1.165, 1.54) is 11.7 Å². The third-order valence-corrected chi connectivity index (χ3v) is 3.39. The molecule has 2 aromatic rings. The highest BCUT2D eigenvalue weighted by molar-refractivity contribution is 6.35. The number of carbonyl (C=O) groups excluding carboxylic acids is 2. The van der Waals surface area contributed by atoms with Gasteiger partial charge in [0.25, 0.3) is 11.8 Å². The van der Waals surface area contributed by atoms with Crippen LogP contribution in [0.2, 0.25) is 0 Å². The molecule has 0 fully saturated rings. The summed E-state index contributed by atoms with van der Waals surface area (Å²) in [6.07, 6.45) is 1.12. The first-order valence-electron chi connectivity index (χ1n) is 6.16. The smallest absolute Gasteiger partial charge is 0.341 e. The summed E-state index contributed by atoms with van der Waals surface area (Å²) >= 11 is 0. The third kappa shape index (κ3) is 1.74. The number of imide groups is 1. The minimum Gasteiger partial charge on any atom is -0.477 e. The van der Waals surface area contributed by atoms with Gasteiger partial charge in [-0.05, 0) is 19.1 Å². The molecule has 0 aliphatic carbocycles. The van der Waals surface area contributed by atoms with Gasteiger partial charge in [0.1, 0.15) is 5.56 Å². The molecule has 1 aliphatic heterocycles. The maximum atomic E-state index is 12.5. The van der Waals surface area contributed by atoms with Crippen LogP contribution in [0, 0.1) is 6.92 Å². The van der Waals surface area contributed by atoms with Gasteiger partial charge in [0, 0.05) is 7.05 Å². The van der Waals surface area contributed by atoms with Crippen LogP contribution in [0.1, 0.15) is 36.6 Å². The van der Waals surface area contributed by atoms with Gasteiger partial charge in [-0.15, -0.1) is 0 Å². The number of hydrogen-bond donors (Lipinski definition) is 1. The van der Waals surface area contributed by atoms with E-state index < -0.39 is 17.8 Å². The van der Waals surface area contributed by atoms with Crippen molar-refractivity contribution < 1.29 is 19.5 Å². The summed E-state index contributed by atoms with van der Waals surface area (Å²) < 4.78 is 1.21. The summed E-state index contributed by atoms with van der Waals surface area (Å²) in [5.74, 6) is -2.36. The Morgan fingerprint density at radius 2 is 1.86 bits per heavy atom. The number of carboxylic acids is 1. The van der Waals surface area contributed by atoms with Crippen molar-refractivity contribution in [3.8, 4) is 0 Å². The molecule has 7 heteroatoms. The molecule has 1 aromatic carbocycles. The molecule has 0 spiro atoms. The van der Waals surface area contributed by atoms with Crippen LogP contribution < -0.4 is 4.90 Å². The van der Waals surface area contributed by atoms with Crippen molar-refractivity contribution in [2.45, 2.75) is 6.92 Å². The Morgan fingerprint density at radius 1 is 1.19 bits per heavy atom. The molecule has 1 N–H and O–H groups in total. The number of nitrogens with zero attached hydrogens (tertiary/aromatic N) is 3. The van der Waals surface area contributed by atoms with Gasteiger partial charge in [-0.2, -0.15) is 5.10 Å². The number of carbonyl (C=O) groups is 3. The Balaban J connectivity index is 2.19. The summed E-state index contributed by atoms with van der Waals surface area (Å²) in [5.41, 5.74) is 1.20. The largest absolute Gasteiger partial charge is 0.477 e. The van der Waals surface area contributed by atoms with Crippen molar-refractivity contribution >= 4 is 23.6 Å². The van der Waals surface area contributed by atoms with Crippen LogP contribution in [0.4, 0.5) is 5.82 Å². The quantitative estimate of drug-likeness (QED) is 0.838. The fourth-order valence-corrected chi connectivity index (χ4v) is 2.39. The van der Waals surface area contributed by atoms with Crippen molar-refractivity contribution in [3.63, 3.8) is 0 Å². The van der Waals surface area contributed by atoms with Crippen molar-refractivity contribution in [2.75, 3.05) is 4.90 Å². The van der Waals surface area contributed by atoms with Gasteiger partial charge >= 0.3 is 5.97 Å². The summed E-state index contributed by atoms with van der Waals surface area (Å²) in [7, 11) is 1.48. The van der Waals surface area contributed by atoms with Crippen molar-refractivity contribution in [3.05, 3.63) is 46.6 Å². The van der Waals surface area contributed by atoms with E-state index in [1.807, 2.05) is 6.92 Å². The van der Waals surface area contributed by atoms with E-state index in [9.17, 15) is 19.5 Å². The third-order valence-electron chi connectivity index (χ3n) is 3.39. The van der Waals surface area contributed by atoms with Crippen LogP contribution in [-0.2, 0) is 7.05 Å². The lowest BCUT2D eigenvalue weighted by Gasteiger charge is -2.14. The average molecular weight is 285 g/mol. The van der Waals surface area contributed by atoms with E-state index in [4.69, 9.17) is 0 Å². The summed E-state index contributed by atoms with van der Waals surface area (Å²) in [6, 6.07) is 4.92. The predicted molar refractivity (Wildman–Crippen MR) is 72.5 cm³/mol. The number of fused-ring (bicyclic) bond motifs is 1. The van der Waals surface area contributed by atoms with Crippen LogP contribution in [0.3, 0.4) is 0 Å². The molecule has 1 aromatic heterocycles. The van der Waals surface area contributed by atoms with E-state index in [1.54, 1.807) is 18.2 Å². The molecule has 7 nitrogen and oxygen atoms in total. The second-order valence-electron chi connectivity index (χ2n) is 4.81. The molecular weight excluding hydrogens is 274 g/mol. The lowest BCUT2D eigenvalue weighted by molar-refractivity contribution is 0.0698. The molecule has 0 radical (unpaired) electrons. The topological polar surface area (TPSA) is 92.5 Å². The SMILES string of the molecule is Cc1ccc2c(c1)C(=O)N(c1c(C(=O)O)cnn1C)C2=O. The van der Waals surface area contributed by atoms with E-state index in [2.05, 4.69) is 5.10 Å². The minimum atomic E-state index is -1.24. The molecular formula is C14H11N3O4. The van der Waals surface area contributed by atoms with Gasteiger partial charge in [0.05, 0.1) is 17.3 Å². The lowest BCUT2D eigenvalue weighted by atomic mass is 10.1. The Bertz CT molecular complexity index is 807. The van der Waals surface area contributed by atoms with E-state index in [-0.39, 0.29) is 22.5 Å².